The quantitative estimate of drug-likeness (QED) is 0.853. The van der Waals surface area contributed by atoms with Crippen molar-refractivity contribution in [1.29, 1.82) is 0 Å². The highest BCUT2D eigenvalue weighted by Crippen LogP contribution is 2.24. The summed E-state index contributed by atoms with van der Waals surface area (Å²) in [6.07, 6.45) is 0. The summed E-state index contributed by atoms with van der Waals surface area (Å²) in [6, 6.07) is 7.33. The maximum atomic E-state index is 13.0. The van der Waals surface area contributed by atoms with Crippen molar-refractivity contribution in [3.05, 3.63) is 47.4 Å². The molecule has 0 bridgehead atoms. The van der Waals surface area contributed by atoms with Gasteiger partial charge in [-0.05, 0) is 42.8 Å². The number of nitrogens with two attached hydrogens (primary N) is 1. The fourth-order valence-corrected chi connectivity index (χ4v) is 1.71. The van der Waals surface area contributed by atoms with Gasteiger partial charge in [0.1, 0.15) is 5.82 Å². The monoisotopic (exact) mass is 246 g/mol. The molecule has 0 saturated heterocycles. The van der Waals surface area contributed by atoms with Gasteiger partial charge in [0.05, 0.1) is 11.4 Å². The van der Waals surface area contributed by atoms with Gasteiger partial charge < -0.3 is 10.8 Å². The molecule has 0 aliphatic carbocycles. The van der Waals surface area contributed by atoms with E-state index in [2.05, 4.69) is 4.98 Å². The molecule has 1 aromatic carbocycles. The van der Waals surface area contributed by atoms with E-state index in [0.717, 1.165) is 0 Å². The predicted molar refractivity (Wildman–Crippen MR) is 65.7 cm³/mol. The standard InChI is InChI=1S/C13H11FN2O2/c1-7-6-8(14)2-3-9(7)11-5-4-10(15)12(16-11)13(17)18/h2-6H,15H2,1H3,(H,17,18). The van der Waals surface area contributed by atoms with Gasteiger partial charge in [0, 0.05) is 5.56 Å². The Kier molecular flexibility index (Phi) is 2.97. The van der Waals surface area contributed by atoms with Crippen LogP contribution >= 0.6 is 0 Å². The van der Waals surface area contributed by atoms with Gasteiger partial charge in [-0.25, -0.2) is 14.2 Å². The van der Waals surface area contributed by atoms with Crippen LogP contribution in [0.1, 0.15) is 16.1 Å². The Hall–Kier alpha value is -2.43. The summed E-state index contributed by atoms with van der Waals surface area (Å²) in [5.74, 6) is -1.53. The van der Waals surface area contributed by atoms with Crippen molar-refractivity contribution < 1.29 is 14.3 Å². The van der Waals surface area contributed by atoms with Crippen LogP contribution in [0.15, 0.2) is 30.3 Å². The van der Waals surface area contributed by atoms with E-state index < -0.39 is 5.97 Å². The van der Waals surface area contributed by atoms with Crippen molar-refractivity contribution >= 4 is 11.7 Å². The molecular weight excluding hydrogens is 235 g/mol. The number of benzene rings is 1. The van der Waals surface area contributed by atoms with Crippen LogP contribution in [0.3, 0.4) is 0 Å². The number of hydrogen-bond donors (Lipinski definition) is 2. The Balaban J connectivity index is 2.58. The Morgan fingerprint density at radius 3 is 2.67 bits per heavy atom. The van der Waals surface area contributed by atoms with Gasteiger partial charge in [-0.15, -0.1) is 0 Å². The van der Waals surface area contributed by atoms with Crippen molar-refractivity contribution in [3.63, 3.8) is 0 Å². The average Bonchev–Trinajstić information content (AvgIpc) is 2.30. The average molecular weight is 246 g/mol. The molecule has 0 spiro atoms. The minimum absolute atomic E-state index is 0.103. The highest BCUT2D eigenvalue weighted by molar-refractivity contribution is 5.92. The van der Waals surface area contributed by atoms with E-state index >= 15 is 0 Å². The van der Waals surface area contributed by atoms with Crippen molar-refractivity contribution in [2.75, 3.05) is 5.73 Å². The van der Waals surface area contributed by atoms with E-state index in [4.69, 9.17) is 10.8 Å². The van der Waals surface area contributed by atoms with Gasteiger partial charge in [0.15, 0.2) is 5.69 Å². The molecule has 0 unspecified atom stereocenters. The molecule has 0 amide bonds. The molecule has 0 aliphatic rings. The van der Waals surface area contributed by atoms with Crippen LogP contribution in [0.25, 0.3) is 11.3 Å². The molecule has 0 atom stereocenters. The maximum Gasteiger partial charge on any atom is 0.356 e. The van der Waals surface area contributed by atoms with Gasteiger partial charge in [-0.3, -0.25) is 0 Å². The van der Waals surface area contributed by atoms with E-state index in [0.29, 0.717) is 16.8 Å². The molecule has 3 N–H and O–H groups in total. The summed E-state index contributed by atoms with van der Waals surface area (Å²) >= 11 is 0. The summed E-state index contributed by atoms with van der Waals surface area (Å²) < 4.78 is 13.0. The number of carbonyl (C=O) groups is 1. The summed E-state index contributed by atoms with van der Waals surface area (Å²) in [7, 11) is 0. The minimum atomic E-state index is -1.19. The zero-order valence-corrected chi connectivity index (χ0v) is 9.64. The normalized spacial score (nSPS) is 10.3. The van der Waals surface area contributed by atoms with Gasteiger partial charge in [-0.1, -0.05) is 0 Å². The van der Waals surface area contributed by atoms with Crippen LogP contribution in [0.5, 0.6) is 0 Å². The molecule has 2 rings (SSSR count). The maximum absolute atomic E-state index is 13.0. The zero-order chi connectivity index (χ0) is 13.3. The van der Waals surface area contributed by atoms with Crippen LogP contribution in [-0.4, -0.2) is 16.1 Å². The summed E-state index contributed by atoms with van der Waals surface area (Å²) in [6.45, 7) is 1.73. The number of hydrogen-bond acceptors (Lipinski definition) is 3. The van der Waals surface area contributed by atoms with E-state index in [-0.39, 0.29) is 17.2 Å². The van der Waals surface area contributed by atoms with E-state index in [1.54, 1.807) is 19.1 Å². The number of aromatic nitrogens is 1. The summed E-state index contributed by atoms with van der Waals surface area (Å²) in [5.41, 5.74) is 7.25. The van der Waals surface area contributed by atoms with Crippen molar-refractivity contribution in [2.45, 2.75) is 6.92 Å². The molecule has 18 heavy (non-hydrogen) atoms. The second-order valence-corrected chi connectivity index (χ2v) is 3.90. The third kappa shape index (κ3) is 2.15. The predicted octanol–water partition coefficient (Wildman–Crippen LogP) is 2.48. The Bertz CT molecular complexity index is 626. The van der Waals surface area contributed by atoms with E-state index in [9.17, 15) is 9.18 Å². The first-order chi connectivity index (χ1) is 8.49. The molecule has 0 radical (unpaired) electrons. The van der Waals surface area contributed by atoms with Crippen LogP contribution in [0.4, 0.5) is 10.1 Å². The van der Waals surface area contributed by atoms with Gasteiger partial charge in [0.2, 0.25) is 0 Å². The van der Waals surface area contributed by atoms with Gasteiger partial charge in [0.25, 0.3) is 0 Å². The second kappa shape index (κ2) is 4.44. The largest absolute Gasteiger partial charge is 0.476 e. The number of aromatic carboxylic acids is 1. The number of anilines is 1. The van der Waals surface area contributed by atoms with Crippen molar-refractivity contribution in [1.82, 2.24) is 4.98 Å². The molecule has 2 aromatic rings. The Morgan fingerprint density at radius 1 is 1.33 bits per heavy atom. The molecule has 0 saturated carbocycles. The highest BCUT2D eigenvalue weighted by Gasteiger charge is 2.12. The molecule has 1 heterocycles. The first-order valence-corrected chi connectivity index (χ1v) is 5.25. The number of halogens is 1. The Morgan fingerprint density at radius 2 is 2.06 bits per heavy atom. The van der Waals surface area contributed by atoms with Crippen LogP contribution in [0, 0.1) is 12.7 Å². The number of rotatable bonds is 2. The Labute approximate surface area is 103 Å². The topological polar surface area (TPSA) is 76.2 Å². The molecule has 1 aromatic heterocycles. The number of aryl methyl sites for hydroxylation is 1. The number of nitrogen functional groups attached to an aromatic ring is 1. The zero-order valence-electron chi connectivity index (χ0n) is 9.64. The first-order valence-electron chi connectivity index (χ1n) is 5.25. The third-order valence-corrected chi connectivity index (χ3v) is 2.59. The minimum Gasteiger partial charge on any atom is -0.476 e. The fourth-order valence-electron chi connectivity index (χ4n) is 1.71. The van der Waals surface area contributed by atoms with Crippen LogP contribution in [-0.2, 0) is 0 Å². The van der Waals surface area contributed by atoms with Crippen LogP contribution < -0.4 is 5.73 Å². The lowest BCUT2D eigenvalue weighted by atomic mass is 10.0. The lowest BCUT2D eigenvalue weighted by molar-refractivity contribution is 0.0692. The first kappa shape index (κ1) is 12.0. The summed E-state index contributed by atoms with van der Waals surface area (Å²) in [4.78, 5) is 14.9. The number of carboxylic acid groups (broad SMARTS) is 1. The molecule has 0 fully saturated rings. The SMILES string of the molecule is Cc1cc(F)ccc1-c1ccc(N)c(C(=O)O)n1. The van der Waals surface area contributed by atoms with E-state index in [1.807, 2.05) is 0 Å². The molecule has 5 heteroatoms. The number of nitrogens with zero attached hydrogens (tertiary/aromatic N) is 1. The fraction of sp³-hybridized carbons (Fsp3) is 0.0769. The van der Waals surface area contributed by atoms with Crippen molar-refractivity contribution in [3.8, 4) is 11.3 Å². The molecule has 0 aliphatic heterocycles. The lowest BCUT2D eigenvalue weighted by Gasteiger charge is -2.07. The van der Waals surface area contributed by atoms with Gasteiger partial charge in [-0.2, -0.15) is 0 Å². The molecule has 92 valence electrons. The number of carboxylic acids is 1. The third-order valence-electron chi connectivity index (χ3n) is 2.59. The lowest BCUT2D eigenvalue weighted by Crippen LogP contribution is -2.06. The van der Waals surface area contributed by atoms with Crippen LogP contribution in [0.2, 0.25) is 0 Å². The molecular formula is C13H11FN2O2. The smallest absolute Gasteiger partial charge is 0.356 e. The van der Waals surface area contributed by atoms with E-state index in [1.165, 1.54) is 18.2 Å². The second-order valence-electron chi connectivity index (χ2n) is 3.90. The summed E-state index contributed by atoms with van der Waals surface area (Å²) in [5, 5.41) is 8.95. The van der Waals surface area contributed by atoms with Gasteiger partial charge >= 0.3 is 5.97 Å². The highest BCUT2D eigenvalue weighted by atomic mass is 19.1. The molecule has 4 nitrogen and oxygen atoms in total. The van der Waals surface area contributed by atoms with Crippen molar-refractivity contribution in [2.24, 2.45) is 0 Å². The number of pyridine rings is 1.